The zero-order valence-electron chi connectivity index (χ0n) is 11.8. The summed E-state index contributed by atoms with van der Waals surface area (Å²) in [4.78, 5) is 22.7. The summed E-state index contributed by atoms with van der Waals surface area (Å²) in [5.74, 6) is -1.90. The summed E-state index contributed by atoms with van der Waals surface area (Å²) in [6, 6.07) is 4.94. The van der Waals surface area contributed by atoms with Crippen LogP contribution in [-0.2, 0) is 14.3 Å². The molecule has 1 aromatic carbocycles. The maximum Gasteiger partial charge on any atom is 0.346 e. The van der Waals surface area contributed by atoms with Gasteiger partial charge in [-0.2, -0.15) is 0 Å². The predicted octanol–water partition coefficient (Wildman–Crippen LogP) is 1.20. The quantitative estimate of drug-likeness (QED) is 0.753. The molecule has 2 atom stereocenters. The highest BCUT2D eigenvalue weighted by atomic mass is 19.1. The first-order chi connectivity index (χ1) is 9.93. The molecule has 0 spiro atoms. The average molecular weight is 299 g/mol. The molecule has 2 N–H and O–H groups in total. The molecule has 0 aliphatic carbocycles. The van der Waals surface area contributed by atoms with Crippen molar-refractivity contribution >= 4 is 11.9 Å². The van der Waals surface area contributed by atoms with Crippen LogP contribution in [0.25, 0.3) is 0 Å². The molecule has 0 saturated heterocycles. The zero-order chi connectivity index (χ0) is 15.8. The summed E-state index contributed by atoms with van der Waals surface area (Å²) < 4.78 is 23.0. The van der Waals surface area contributed by atoms with Gasteiger partial charge in [0.25, 0.3) is 0 Å². The molecule has 7 heteroatoms. The molecule has 21 heavy (non-hydrogen) atoms. The molecule has 0 fully saturated rings. The Hall–Kier alpha value is -2.15. The Kier molecular flexibility index (Phi) is 6.61. The molecule has 1 aromatic rings. The molecule has 1 amide bonds. The van der Waals surface area contributed by atoms with Crippen molar-refractivity contribution in [2.24, 2.45) is 0 Å². The maximum atomic E-state index is 12.8. The smallest absolute Gasteiger partial charge is 0.346 e. The number of aliphatic carboxylic acids is 1. The Morgan fingerprint density at radius 1 is 1.33 bits per heavy atom. The van der Waals surface area contributed by atoms with Gasteiger partial charge in [0.05, 0.1) is 6.54 Å². The normalized spacial score (nSPS) is 13.3. The van der Waals surface area contributed by atoms with Gasteiger partial charge < -0.3 is 19.9 Å². The predicted molar refractivity (Wildman–Crippen MR) is 72.5 cm³/mol. The van der Waals surface area contributed by atoms with Gasteiger partial charge in [0, 0.05) is 6.61 Å². The van der Waals surface area contributed by atoms with Gasteiger partial charge in [-0.1, -0.05) is 0 Å². The Labute approximate surface area is 121 Å². The van der Waals surface area contributed by atoms with Crippen LogP contribution < -0.4 is 10.1 Å². The summed E-state index contributed by atoms with van der Waals surface area (Å²) in [7, 11) is 0. The lowest BCUT2D eigenvalue weighted by Crippen LogP contribution is -2.43. The van der Waals surface area contributed by atoms with E-state index in [1.54, 1.807) is 13.8 Å². The molecular formula is C14H18FNO5. The minimum atomic E-state index is -1.27. The molecule has 0 heterocycles. The van der Waals surface area contributed by atoms with E-state index in [4.69, 9.17) is 14.6 Å². The van der Waals surface area contributed by atoms with Crippen LogP contribution in [0.4, 0.5) is 4.39 Å². The lowest BCUT2D eigenvalue weighted by molar-refractivity contribution is -0.145. The van der Waals surface area contributed by atoms with Crippen molar-refractivity contribution in [1.29, 1.82) is 0 Å². The largest absolute Gasteiger partial charge is 0.478 e. The van der Waals surface area contributed by atoms with Gasteiger partial charge in [-0.3, -0.25) is 4.79 Å². The van der Waals surface area contributed by atoms with Crippen molar-refractivity contribution in [2.75, 3.05) is 13.2 Å². The first-order valence-electron chi connectivity index (χ1n) is 6.48. The Bertz CT molecular complexity index is 477. The molecule has 116 valence electrons. The van der Waals surface area contributed by atoms with Crippen LogP contribution in [0.3, 0.4) is 0 Å². The third-order valence-electron chi connectivity index (χ3n) is 2.61. The monoisotopic (exact) mass is 299 g/mol. The van der Waals surface area contributed by atoms with E-state index in [0.717, 1.165) is 12.1 Å². The molecule has 0 aliphatic rings. The molecule has 0 radical (unpaired) electrons. The van der Waals surface area contributed by atoms with E-state index in [1.165, 1.54) is 12.1 Å². The van der Waals surface area contributed by atoms with E-state index >= 15 is 0 Å². The molecule has 0 aromatic heterocycles. The highest BCUT2D eigenvalue weighted by molar-refractivity contribution is 5.81. The minimum absolute atomic E-state index is 0.205. The number of amides is 1. The van der Waals surface area contributed by atoms with Crippen molar-refractivity contribution < 1.29 is 28.6 Å². The molecule has 0 aliphatic heterocycles. The second-order valence-corrected chi connectivity index (χ2v) is 4.24. The summed E-state index contributed by atoms with van der Waals surface area (Å²) in [5.41, 5.74) is 0. The second kappa shape index (κ2) is 8.21. The van der Waals surface area contributed by atoms with Crippen molar-refractivity contribution in [1.82, 2.24) is 5.32 Å². The van der Waals surface area contributed by atoms with Crippen LogP contribution in [0.5, 0.6) is 5.75 Å². The zero-order valence-corrected chi connectivity index (χ0v) is 11.8. The first-order valence-corrected chi connectivity index (χ1v) is 6.48. The number of carboxylic acid groups (broad SMARTS) is 1. The fraction of sp³-hybridized carbons (Fsp3) is 0.429. The van der Waals surface area contributed by atoms with Gasteiger partial charge in [0.2, 0.25) is 12.0 Å². The third kappa shape index (κ3) is 5.78. The Balaban J connectivity index is 2.56. The number of carboxylic acids is 1. The van der Waals surface area contributed by atoms with Gasteiger partial charge in [-0.05, 0) is 38.1 Å². The molecule has 0 saturated carbocycles. The van der Waals surface area contributed by atoms with Gasteiger partial charge in [0.15, 0.2) is 0 Å². The Morgan fingerprint density at radius 3 is 2.48 bits per heavy atom. The number of rotatable bonds is 8. The number of nitrogens with one attached hydrogen (secondary N) is 1. The maximum absolute atomic E-state index is 12.8. The molecule has 1 rings (SSSR count). The van der Waals surface area contributed by atoms with Crippen LogP contribution >= 0.6 is 0 Å². The summed E-state index contributed by atoms with van der Waals surface area (Å²) in [6.45, 7) is 3.48. The van der Waals surface area contributed by atoms with Crippen LogP contribution in [0.2, 0.25) is 0 Å². The number of hydrogen-bond donors (Lipinski definition) is 2. The lowest BCUT2D eigenvalue weighted by atomic mass is 10.3. The number of ether oxygens (including phenoxy) is 2. The summed E-state index contributed by atoms with van der Waals surface area (Å²) >= 11 is 0. The number of carbonyl (C=O) groups is 2. The van der Waals surface area contributed by atoms with E-state index in [0.29, 0.717) is 6.61 Å². The van der Waals surface area contributed by atoms with E-state index in [-0.39, 0.29) is 12.3 Å². The fourth-order valence-corrected chi connectivity index (χ4v) is 1.52. The van der Waals surface area contributed by atoms with E-state index in [9.17, 15) is 14.0 Å². The fourth-order valence-electron chi connectivity index (χ4n) is 1.52. The van der Waals surface area contributed by atoms with E-state index in [1.807, 2.05) is 0 Å². The van der Waals surface area contributed by atoms with E-state index < -0.39 is 29.9 Å². The standard InChI is InChI=1S/C14H18FNO5/c1-3-20-9(2)13(17)16-8-12(14(18)19)21-11-6-4-10(15)5-7-11/h4-7,9,12H,3,8H2,1-2H3,(H,16,17)(H,18,19). The van der Waals surface area contributed by atoms with Crippen molar-refractivity contribution in [2.45, 2.75) is 26.1 Å². The third-order valence-corrected chi connectivity index (χ3v) is 2.61. The Morgan fingerprint density at radius 2 is 1.95 bits per heavy atom. The highest BCUT2D eigenvalue weighted by Crippen LogP contribution is 2.13. The van der Waals surface area contributed by atoms with Gasteiger partial charge in [0.1, 0.15) is 17.7 Å². The molecule has 2 unspecified atom stereocenters. The highest BCUT2D eigenvalue weighted by Gasteiger charge is 2.22. The van der Waals surface area contributed by atoms with Crippen LogP contribution in [0.1, 0.15) is 13.8 Å². The van der Waals surface area contributed by atoms with Crippen LogP contribution in [0, 0.1) is 5.82 Å². The topological polar surface area (TPSA) is 84.9 Å². The minimum Gasteiger partial charge on any atom is -0.478 e. The first kappa shape index (κ1) is 16.9. The van der Waals surface area contributed by atoms with Gasteiger partial charge in [-0.15, -0.1) is 0 Å². The number of carbonyl (C=O) groups excluding carboxylic acids is 1. The number of benzene rings is 1. The summed E-state index contributed by atoms with van der Waals surface area (Å²) in [6.07, 6.45) is -1.94. The lowest BCUT2D eigenvalue weighted by Gasteiger charge is -2.17. The van der Waals surface area contributed by atoms with Crippen molar-refractivity contribution in [3.05, 3.63) is 30.1 Å². The van der Waals surface area contributed by atoms with Gasteiger partial charge >= 0.3 is 5.97 Å². The van der Waals surface area contributed by atoms with E-state index in [2.05, 4.69) is 5.32 Å². The average Bonchev–Trinajstić information content (AvgIpc) is 2.45. The second-order valence-electron chi connectivity index (χ2n) is 4.24. The SMILES string of the molecule is CCOC(C)C(=O)NCC(Oc1ccc(F)cc1)C(=O)O. The molecule has 6 nitrogen and oxygen atoms in total. The molecular weight excluding hydrogens is 281 g/mol. The summed E-state index contributed by atoms with van der Waals surface area (Å²) in [5, 5.41) is 11.5. The van der Waals surface area contributed by atoms with Crippen LogP contribution in [0.15, 0.2) is 24.3 Å². The number of halogens is 1. The van der Waals surface area contributed by atoms with Crippen molar-refractivity contribution in [3.8, 4) is 5.75 Å². The van der Waals surface area contributed by atoms with Crippen molar-refractivity contribution in [3.63, 3.8) is 0 Å². The van der Waals surface area contributed by atoms with Crippen LogP contribution in [-0.4, -0.2) is 42.3 Å². The molecule has 0 bridgehead atoms. The van der Waals surface area contributed by atoms with Gasteiger partial charge in [-0.25, -0.2) is 9.18 Å². The number of hydrogen-bond acceptors (Lipinski definition) is 4.